The third-order valence-electron chi connectivity index (χ3n) is 2.45. The summed E-state index contributed by atoms with van der Waals surface area (Å²) in [5.74, 6) is -0.357. The van der Waals surface area contributed by atoms with Crippen LogP contribution >= 0.6 is 0 Å². The van der Waals surface area contributed by atoms with Crippen LogP contribution in [0.4, 0.5) is 4.39 Å². The Morgan fingerprint density at radius 3 is 2.88 bits per heavy atom. The number of nitrogens with zero attached hydrogens (tertiary/aromatic N) is 2. The van der Waals surface area contributed by atoms with Crippen LogP contribution in [0.2, 0.25) is 0 Å². The second-order valence-corrected chi connectivity index (χ2v) is 3.87. The zero-order chi connectivity index (χ0) is 11.5. The molecule has 0 fully saturated rings. The molecule has 0 spiro atoms. The lowest BCUT2D eigenvalue weighted by Gasteiger charge is -2.04. The largest absolute Gasteiger partial charge is 0.253 e. The van der Waals surface area contributed by atoms with Crippen LogP contribution in [0.25, 0.3) is 10.9 Å². The highest BCUT2D eigenvalue weighted by Crippen LogP contribution is 2.15. The van der Waals surface area contributed by atoms with Crippen LogP contribution in [0.1, 0.15) is 12.6 Å². The number of aromatic nitrogens is 1. The normalized spacial score (nSPS) is 12.3. The first-order chi connectivity index (χ1) is 7.69. The van der Waals surface area contributed by atoms with Crippen molar-refractivity contribution in [3.8, 4) is 6.07 Å². The van der Waals surface area contributed by atoms with Gasteiger partial charge in [-0.15, -0.1) is 0 Å². The van der Waals surface area contributed by atoms with Crippen molar-refractivity contribution in [1.82, 2.24) is 4.98 Å². The molecule has 1 aromatic heterocycles. The van der Waals surface area contributed by atoms with Gasteiger partial charge >= 0.3 is 0 Å². The van der Waals surface area contributed by atoms with Gasteiger partial charge in [0.15, 0.2) is 0 Å². The number of nitriles is 1. The molecular weight excluding hydrogens is 203 g/mol. The third-order valence-corrected chi connectivity index (χ3v) is 2.45. The van der Waals surface area contributed by atoms with Crippen molar-refractivity contribution >= 4 is 10.9 Å². The van der Waals surface area contributed by atoms with Crippen LogP contribution in [0.5, 0.6) is 0 Å². The maximum atomic E-state index is 13.0. The number of hydrogen-bond acceptors (Lipinski definition) is 2. The average molecular weight is 214 g/mol. The minimum atomic E-state index is -0.287. The van der Waals surface area contributed by atoms with E-state index in [1.165, 1.54) is 12.1 Å². The maximum Gasteiger partial charge on any atom is 0.125 e. The van der Waals surface area contributed by atoms with E-state index in [1.54, 1.807) is 6.07 Å². The molecule has 80 valence electrons. The molecule has 0 saturated carbocycles. The van der Waals surface area contributed by atoms with E-state index in [0.717, 1.165) is 11.1 Å². The van der Waals surface area contributed by atoms with E-state index < -0.39 is 0 Å². The first-order valence-electron chi connectivity index (χ1n) is 5.14. The van der Waals surface area contributed by atoms with E-state index in [4.69, 9.17) is 5.26 Å². The maximum absolute atomic E-state index is 13.0. The minimum absolute atomic E-state index is 0.0708. The van der Waals surface area contributed by atoms with Crippen LogP contribution in [-0.2, 0) is 6.42 Å². The summed E-state index contributed by atoms with van der Waals surface area (Å²) in [5.41, 5.74) is 1.47. The van der Waals surface area contributed by atoms with Crippen molar-refractivity contribution in [3.63, 3.8) is 0 Å². The molecule has 2 nitrogen and oxygen atoms in total. The molecule has 0 aliphatic heterocycles. The first kappa shape index (κ1) is 10.6. The SMILES string of the molecule is CC(C#N)Cc1ccc2ccc(F)cc2n1. The fourth-order valence-corrected chi connectivity index (χ4v) is 1.61. The second kappa shape index (κ2) is 4.28. The van der Waals surface area contributed by atoms with E-state index in [1.807, 2.05) is 19.1 Å². The summed E-state index contributed by atoms with van der Waals surface area (Å²) >= 11 is 0. The zero-order valence-electron chi connectivity index (χ0n) is 8.94. The summed E-state index contributed by atoms with van der Waals surface area (Å²) in [4.78, 5) is 4.33. The predicted molar refractivity (Wildman–Crippen MR) is 60.2 cm³/mol. The summed E-state index contributed by atoms with van der Waals surface area (Å²) in [6.45, 7) is 1.84. The molecule has 1 atom stereocenters. The highest BCUT2D eigenvalue weighted by atomic mass is 19.1. The Morgan fingerprint density at radius 1 is 1.38 bits per heavy atom. The standard InChI is InChI=1S/C13H11FN2/c1-9(8-15)6-12-5-3-10-2-4-11(14)7-13(10)16-12/h2-5,7,9H,6H2,1H3. The van der Waals surface area contributed by atoms with Crippen molar-refractivity contribution in [2.75, 3.05) is 0 Å². The quantitative estimate of drug-likeness (QED) is 0.770. The van der Waals surface area contributed by atoms with Gasteiger partial charge < -0.3 is 0 Å². The molecule has 1 aromatic carbocycles. The summed E-state index contributed by atoms with van der Waals surface area (Å²) < 4.78 is 13.0. The van der Waals surface area contributed by atoms with Crippen molar-refractivity contribution in [2.24, 2.45) is 5.92 Å². The van der Waals surface area contributed by atoms with Gasteiger partial charge in [-0.05, 0) is 25.1 Å². The van der Waals surface area contributed by atoms with Gasteiger partial charge in [0.1, 0.15) is 5.82 Å². The zero-order valence-corrected chi connectivity index (χ0v) is 8.94. The van der Waals surface area contributed by atoms with Crippen LogP contribution in [0.3, 0.4) is 0 Å². The third kappa shape index (κ3) is 2.17. The second-order valence-electron chi connectivity index (χ2n) is 3.87. The van der Waals surface area contributed by atoms with E-state index >= 15 is 0 Å². The monoisotopic (exact) mass is 214 g/mol. The van der Waals surface area contributed by atoms with Gasteiger partial charge in [0.25, 0.3) is 0 Å². The Kier molecular flexibility index (Phi) is 2.82. The lowest BCUT2D eigenvalue weighted by atomic mass is 10.1. The van der Waals surface area contributed by atoms with E-state index in [2.05, 4.69) is 11.1 Å². The molecule has 0 radical (unpaired) electrons. The summed E-state index contributed by atoms with van der Waals surface area (Å²) in [6, 6.07) is 10.5. The number of rotatable bonds is 2. The molecule has 0 aliphatic rings. The average Bonchev–Trinajstić information content (AvgIpc) is 2.28. The lowest BCUT2D eigenvalue weighted by Crippen LogP contribution is -1.98. The Morgan fingerprint density at radius 2 is 2.12 bits per heavy atom. The fourth-order valence-electron chi connectivity index (χ4n) is 1.61. The Bertz CT molecular complexity index is 557. The van der Waals surface area contributed by atoms with Gasteiger partial charge in [-0.3, -0.25) is 4.98 Å². The molecule has 0 amide bonds. The van der Waals surface area contributed by atoms with Gasteiger partial charge in [0.05, 0.1) is 11.6 Å². The van der Waals surface area contributed by atoms with E-state index in [0.29, 0.717) is 11.9 Å². The van der Waals surface area contributed by atoms with Crippen molar-refractivity contribution < 1.29 is 4.39 Å². The Hall–Kier alpha value is -1.95. The van der Waals surface area contributed by atoms with E-state index in [9.17, 15) is 4.39 Å². The highest BCUT2D eigenvalue weighted by molar-refractivity contribution is 5.78. The van der Waals surface area contributed by atoms with Crippen LogP contribution in [0, 0.1) is 23.1 Å². The fraction of sp³-hybridized carbons (Fsp3) is 0.231. The Balaban J connectivity index is 2.39. The predicted octanol–water partition coefficient (Wildman–Crippen LogP) is 3.08. The molecule has 16 heavy (non-hydrogen) atoms. The summed E-state index contributed by atoms with van der Waals surface area (Å²) in [7, 11) is 0. The number of benzene rings is 1. The van der Waals surface area contributed by atoms with Gasteiger partial charge in [-0.25, -0.2) is 4.39 Å². The van der Waals surface area contributed by atoms with Crippen molar-refractivity contribution in [1.29, 1.82) is 5.26 Å². The molecular formula is C13H11FN2. The van der Waals surface area contributed by atoms with Crippen LogP contribution < -0.4 is 0 Å². The highest BCUT2D eigenvalue weighted by Gasteiger charge is 2.04. The molecule has 0 bridgehead atoms. The smallest absolute Gasteiger partial charge is 0.125 e. The summed E-state index contributed by atoms with van der Waals surface area (Å²) in [6.07, 6.45) is 0.600. The number of pyridine rings is 1. The van der Waals surface area contributed by atoms with Gasteiger partial charge in [0, 0.05) is 29.5 Å². The number of halogens is 1. The molecule has 1 heterocycles. The number of fused-ring (bicyclic) bond motifs is 1. The molecule has 0 N–H and O–H groups in total. The van der Waals surface area contributed by atoms with Crippen molar-refractivity contribution in [2.45, 2.75) is 13.3 Å². The first-order valence-corrected chi connectivity index (χ1v) is 5.14. The Labute approximate surface area is 93.4 Å². The van der Waals surface area contributed by atoms with Crippen LogP contribution in [0.15, 0.2) is 30.3 Å². The molecule has 0 saturated heterocycles. The van der Waals surface area contributed by atoms with Gasteiger partial charge in [-0.2, -0.15) is 5.26 Å². The van der Waals surface area contributed by atoms with Crippen molar-refractivity contribution in [3.05, 3.63) is 41.8 Å². The summed E-state index contributed by atoms with van der Waals surface area (Å²) in [5, 5.41) is 9.63. The molecule has 3 heteroatoms. The lowest BCUT2D eigenvalue weighted by molar-refractivity contribution is 0.629. The van der Waals surface area contributed by atoms with E-state index in [-0.39, 0.29) is 11.7 Å². The molecule has 0 aliphatic carbocycles. The molecule has 2 aromatic rings. The minimum Gasteiger partial charge on any atom is -0.253 e. The molecule has 1 unspecified atom stereocenters. The van der Waals surface area contributed by atoms with Crippen LogP contribution in [-0.4, -0.2) is 4.98 Å². The molecule has 2 rings (SSSR count). The van der Waals surface area contributed by atoms with Gasteiger partial charge in [-0.1, -0.05) is 6.07 Å². The topological polar surface area (TPSA) is 36.7 Å². The van der Waals surface area contributed by atoms with Gasteiger partial charge in [0.2, 0.25) is 0 Å². The number of hydrogen-bond donors (Lipinski definition) is 0.